The summed E-state index contributed by atoms with van der Waals surface area (Å²) in [5.41, 5.74) is 5.07. The van der Waals surface area contributed by atoms with Crippen LogP contribution in [0.25, 0.3) is 11.1 Å². The van der Waals surface area contributed by atoms with Gasteiger partial charge in [0.05, 0.1) is 12.9 Å². The van der Waals surface area contributed by atoms with Gasteiger partial charge in [-0.25, -0.2) is 8.42 Å². The first kappa shape index (κ1) is 26.2. The van der Waals surface area contributed by atoms with Gasteiger partial charge in [-0.15, -0.1) is 0 Å². The minimum atomic E-state index is -3.71. The van der Waals surface area contributed by atoms with Crippen LogP contribution < -0.4 is 4.74 Å². The molecule has 0 bridgehead atoms. The number of amides is 1. The molecule has 0 N–H and O–H groups in total. The third-order valence-electron chi connectivity index (χ3n) is 6.24. The maximum Gasteiger partial charge on any atom is 0.253 e. The van der Waals surface area contributed by atoms with Gasteiger partial charge in [-0.2, -0.15) is 0 Å². The van der Waals surface area contributed by atoms with Gasteiger partial charge in [-0.1, -0.05) is 72.8 Å². The van der Waals surface area contributed by atoms with Crippen LogP contribution in [0, 0.1) is 0 Å². The average molecular weight is 514 g/mol. The van der Waals surface area contributed by atoms with Crippen LogP contribution in [-0.4, -0.2) is 40.4 Å². The molecule has 0 aliphatic rings. The van der Waals surface area contributed by atoms with Crippen LogP contribution in [-0.2, 0) is 28.4 Å². The number of benzene rings is 4. The van der Waals surface area contributed by atoms with E-state index in [9.17, 15) is 13.2 Å². The zero-order valence-corrected chi connectivity index (χ0v) is 22.2. The van der Waals surface area contributed by atoms with E-state index in [2.05, 4.69) is 12.1 Å². The Morgan fingerprint density at radius 1 is 0.730 bits per heavy atom. The number of aryl methyl sites for hydroxylation is 2. The van der Waals surface area contributed by atoms with Crippen molar-refractivity contribution in [1.29, 1.82) is 0 Å². The Bertz CT molecular complexity index is 1490. The first-order valence-electron chi connectivity index (χ1n) is 12.1. The van der Waals surface area contributed by atoms with E-state index in [0.717, 1.165) is 29.5 Å². The number of carbonyl (C=O) groups is 1. The predicted molar refractivity (Wildman–Crippen MR) is 148 cm³/mol. The molecule has 0 saturated carbocycles. The van der Waals surface area contributed by atoms with E-state index in [1.165, 1.54) is 17.6 Å². The van der Waals surface area contributed by atoms with Crippen molar-refractivity contribution in [3.05, 3.63) is 119 Å². The molecule has 1 amide bonds. The standard InChI is InChI=1S/C31H31NO4S/c1-32(2)31(33)28-14-8-13-26(20-28)27-17-18-29(36-3)30(21-27)37(34,35)22-25-12-7-11-24(19-25)16-15-23-9-5-4-6-10-23/h4-14,17-21H,15-16,22H2,1-3H3. The normalized spacial score (nSPS) is 11.2. The van der Waals surface area contributed by atoms with Crippen LogP contribution in [0.15, 0.2) is 102 Å². The van der Waals surface area contributed by atoms with Crippen LogP contribution in [0.2, 0.25) is 0 Å². The molecule has 0 radical (unpaired) electrons. The molecule has 4 aromatic rings. The van der Waals surface area contributed by atoms with Gasteiger partial charge in [0.25, 0.3) is 5.91 Å². The van der Waals surface area contributed by atoms with E-state index in [-0.39, 0.29) is 16.6 Å². The zero-order valence-electron chi connectivity index (χ0n) is 21.3. The van der Waals surface area contributed by atoms with Gasteiger partial charge in [0, 0.05) is 19.7 Å². The summed E-state index contributed by atoms with van der Waals surface area (Å²) < 4.78 is 32.6. The molecule has 190 valence electrons. The van der Waals surface area contributed by atoms with Gasteiger partial charge < -0.3 is 9.64 Å². The highest BCUT2D eigenvalue weighted by molar-refractivity contribution is 7.90. The zero-order chi connectivity index (χ0) is 26.4. The lowest BCUT2D eigenvalue weighted by atomic mass is 10.0. The third kappa shape index (κ3) is 6.46. The molecule has 0 aliphatic carbocycles. The summed E-state index contributed by atoms with van der Waals surface area (Å²) in [5, 5.41) is 0. The second kappa shape index (κ2) is 11.4. The van der Waals surface area contributed by atoms with Crippen molar-refractivity contribution in [3.8, 4) is 16.9 Å². The molecule has 0 aromatic heterocycles. The first-order chi connectivity index (χ1) is 17.8. The summed E-state index contributed by atoms with van der Waals surface area (Å²) in [6.45, 7) is 0. The number of hydrogen-bond donors (Lipinski definition) is 0. The average Bonchev–Trinajstić information content (AvgIpc) is 2.91. The molecule has 0 heterocycles. The van der Waals surface area contributed by atoms with Crippen molar-refractivity contribution in [1.82, 2.24) is 4.90 Å². The van der Waals surface area contributed by atoms with E-state index in [4.69, 9.17) is 4.74 Å². The van der Waals surface area contributed by atoms with Crippen molar-refractivity contribution in [2.45, 2.75) is 23.5 Å². The Balaban J connectivity index is 1.60. The minimum Gasteiger partial charge on any atom is -0.495 e. The fourth-order valence-electron chi connectivity index (χ4n) is 4.29. The number of methoxy groups -OCH3 is 1. The Hall–Kier alpha value is -3.90. The van der Waals surface area contributed by atoms with E-state index in [0.29, 0.717) is 16.9 Å². The molecule has 0 spiro atoms. The summed E-state index contributed by atoms with van der Waals surface area (Å²) in [4.78, 5) is 14.1. The highest BCUT2D eigenvalue weighted by Crippen LogP contribution is 2.32. The summed E-state index contributed by atoms with van der Waals surface area (Å²) in [6, 6.07) is 30.3. The van der Waals surface area contributed by atoms with Gasteiger partial charge in [-0.3, -0.25) is 4.79 Å². The van der Waals surface area contributed by atoms with Gasteiger partial charge >= 0.3 is 0 Å². The van der Waals surface area contributed by atoms with Crippen molar-refractivity contribution in [3.63, 3.8) is 0 Å². The Morgan fingerprint density at radius 3 is 2.11 bits per heavy atom. The number of rotatable bonds is 9. The summed E-state index contributed by atoms with van der Waals surface area (Å²) in [5.74, 6) is 0.0466. The van der Waals surface area contributed by atoms with Crippen molar-refractivity contribution < 1.29 is 17.9 Å². The van der Waals surface area contributed by atoms with Crippen LogP contribution in [0.3, 0.4) is 0 Å². The minimum absolute atomic E-state index is 0.115. The lowest BCUT2D eigenvalue weighted by Gasteiger charge is -2.14. The predicted octanol–water partition coefficient (Wildman–Crippen LogP) is 5.82. The fraction of sp³-hybridized carbons (Fsp3) is 0.194. The monoisotopic (exact) mass is 513 g/mol. The Morgan fingerprint density at radius 2 is 1.38 bits per heavy atom. The molecular weight excluding hydrogens is 482 g/mol. The molecule has 0 unspecified atom stereocenters. The Labute approximate surface area is 219 Å². The number of hydrogen-bond acceptors (Lipinski definition) is 4. The van der Waals surface area contributed by atoms with Gasteiger partial charge in [0.2, 0.25) is 0 Å². The number of carbonyl (C=O) groups excluding carboxylic acids is 1. The summed E-state index contributed by atoms with van der Waals surface area (Å²) in [7, 11) is 1.15. The van der Waals surface area contributed by atoms with Crippen LogP contribution in [0.5, 0.6) is 5.75 Å². The van der Waals surface area contributed by atoms with Crippen LogP contribution in [0.4, 0.5) is 0 Å². The van der Waals surface area contributed by atoms with E-state index >= 15 is 0 Å². The summed E-state index contributed by atoms with van der Waals surface area (Å²) >= 11 is 0. The molecule has 4 aromatic carbocycles. The van der Waals surface area contributed by atoms with Gasteiger partial charge in [-0.05, 0) is 64.9 Å². The molecule has 0 fully saturated rings. The third-order valence-corrected chi connectivity index (χ3v) is 7.94. The van der Waals surface area contributed by atoms with Crippen molar-refractivity contribution in [2.24, 2.45) is 0 Å². The molecule has 4 rings (SSSR count). The summed E-state index contributed by atoms with van der Waals surface area (Å²) in [6.07, 6.45) is 1.72. The molecule has 37 heavy (non-hydrogen) atoms. The highest BCUT2D eigenvalue weighted by atomic mass is 32.2. The fourth-order valence-corrected chi connectivity index (χ4v) is 5.83. The van der Waals surface area contributed by atoms with Crippen LogP contribution in [0.1, 0.15) is 27.0 Å². The smallest absolute Gasteiger partial charge is 0.253 e. The van der Waals surface area contributed by atoms with E-state index in [1.54, 1.807) is 50.5 Å². The van der Waals surface area contributed by atoms with E-state index < -0.39 is 9.84 Å². The molecule has 0 atom stereocenters. The SMILES string of the molecule is COc1ccc(-c2cccc(C(=O)N(C)C)c2)cc1S(=O)(=O)Cc1cccc(CCc2ccccc2)c1. The first-order valence-corrected chi connectivity index (χ1v) is 13.8. The van der Waals surface area contributed by atoms with Crippen molar-refractivity contribution >= 4 is 15.7 Å². The number of nitrogens with zero attached hydrogens (tertiary/aromatic N) is 1. The Kier molecular flexibility index (Phi) is 8.09. The molecule has 0 aliphatic heterocycles. The second-order valence-corrected chi connectivity index (χ2v) is 11.2. The maximum atomic E-state index is 13.6. The van der Waals surface area contributed by atoms with E-state index in [1.807, 2.05) is 48.5 Å². The lowest BCUT2D eigenvalue weighted by molar-refractivity contribution is 0.0827. The molecule has 6 heteroatoms. The van der Waals surface area contributed by atoms with Gasteiger partial charge in [0.1, 0.15) is 10.6 Å². The number of ether oxygens (including phenoxy) is 1. The second-order valence-electron chi connectivity index (χ2n) is 9.21. The molecular formula is C31H31NO4S. The largest absolute Gasteiger partial charge is 0.495 e. The maximum absolute atomic E-state index is 13.6. The number of sulfone groups is 1. The highest BCUT2D eigenvalue weighted by Gasteiger charge is 2.22. The van der Waals surface area contributed by atoms with Gasteiger partial charge in [0.15, 0.2) is 9.84 Å². The molecule has 0 saturated heterocycles. The topological polar surface area (TPSA) is 63.7 Å². The van der Waals surface area contributed by atoms with Crippen LogP contribution >= 0.6 is 0 Å². The lowest BCUT2D eigenvalue weighted by Crippen LogP contribution is -2.21. The quantitative estimate of drug-likeness (QED) is 0.283. The molecule has 5 nitrogen and oxygen atoms in total. The van der Waals surface area contributed by atoms with Crippen molar-refractivity contribution in [2.75, 3.05) is 21.2 Å².